The van der Waals surface area contributed by atoms with Gasteiger partial charge in [0.25, 0.3) is 5.91 Å². The molecule has 2 aromatic rings. The normalized spacial score (nSPS) is 15.3. The maximum atomic E-state index is 13.0. The summed E-state index contributed by atoms with van der Waals surface area (Å²) in [5.74, 6) is -0.177. The van der Waals surface area contributed by atoms with Crippen molar-refractivity contribution < 1.29 is 13.9 Å². The Morgan fingerprint density at radius 1 is 1.21 bits per heavy atom. The highest BCUT2D eigenvalue weighted by atomic mass is 35.5. The molecule has 0 aromatic heterocycles. The number of nitrogens with one attached hydrogen (secondary N) is 1. The van der Waals surface area contributed by atoms with Crippen LogP contribution in [0.4, 0.5) is 4.39 Å². The minimum Gasteiger partial charge on any atom is -0.486 e. The summed E-state index contributed by atoms with van der Waals surface area (Å²) in [4.78, 5) is 13.9. The van der Waals surface area contributed by atoms with Crippen molar-refractivity contribution in [2.45, 2.75) is 20.0 Å². The Morgan fingerprint density at radius 3 is 2.46 bits per heavy atom. The van der Waals surface area contributed by atoms with E-state index in [4.69, 9.17) is 40.2 Å². The molecule has 28 heavy (non-hydrogen) atoms. The van der Waals surface area contributed by atoms with E-state index in [2.05, 4.69) is 5.32 Å². The van der Waals surface area contributed by atoms with Gasteiger partial charge in [-0.05, 0) is 60.1 Å². The first-order chi connectivity index (χ1) is 13.4. The second-order valence-corrected chi connectivity index (χ2v) is 7.37. The molecule has 0 bridgehead atoms. The molecule has 0 unspecified atom stereocenters. The lowest BCUT2D eigenvalue weighted by atomic mass is 10.1. The van der Waals surface area contributed by atoms with Crippen molar-refractivity contribution in [2.24, 2.45) is 0 Å². The van der Waals surface area contributed by atoms with Crippen LogP contribution in [0, 0.1) is 5.82 Å². The molecule has 0 spiro atoms. The summed E-state index contributed by atoms with van der Waals surface area (Å²) in [5.41, 5.74) is 1.79. The maximum absolute atomic E-state index is 13.0. The van der Waals surface area contributed by atoms with Gasteiger partial charge in [0, 0.05) is 6.54 Å². The van der Waals surface area contributed by atoms with Crippen molar-refractivity contribution >= 4 is 52.5 Å². The third-order valence-corrected chi connectivity index (χ3v) is 4.92. The van der Waals surface area contributed by atoms with Gasteiger partial charge in [-0.15, -0.1) is 0 Å². The van der Waals surface area contributed by atoms with Crippen molar-refractivity contribution in [3.05, 3.63) is 69.1 Å². The molecule has 1 fully saturated rings. The zero-order chi connectivity index (χ0) is 20.3. The molecular formula is C20H17Cl2FN2O2S. The van der Waals surface area contributed by atoms with Gasteiger partial charge in [-0.2, -0.15) is 0 Å². The van der Waals surface area contributed by atoms with Gasteiger partial charge < -0.3 is 10.1 Å². The van der Waals surface area contributed by atoms with Crippen LogP contribution in [-0.4, -0.2) is 22.5 Å². The van der Waals surface area contributed by atoms with Gasteiger partial charge in [0.2, 0.25) is 0 Å². The van der Waals surface area contributed by atoms with Gasteiger partial charge in [-0.3, -0.25) is 9.69 Å². The molecule has 1 aliphatic heterocycles. The zero-order valence-corrected chi connectivity index (χ0v) is 17.3. The smallest absolute Gasteiger partial charge is 0.276 e. The third-order valence-electron chi connectivity index (χ3n) is 4.04. The number of benzene rings is 2. The summed E-state index contributed by atoms with van der Waals surface area (Å²) in [5, 5.41) is 3.91. The summed E-state index contributed by atoms with van der Waals surface area (Å²) < 4.78 is 18.7. The average Bonchev–Trinajstić information content (AvgIpc) is 2.90. The lowest BCUT2D eigenvalue weighted by Crippen LogP contribution is -2.31. The highest BCUT2D eigenvalue weighted by Gasteiger charge is 2.29. The molecule has 1 saturated heterocycles. The molecule has 1 N–H and O–H groups in total. The molecule has 1 amide bonds. The van der Waals surface area contributed by atoms with Gasteiger partial charge in [0.1, 0.15) is 18.1 Å². The number of nitrogens with zero attached hydrogens (tertiary/aromatic N) is 1. The number of ether oxygens (including phenoxy) is 1. The molecule has 8 heteroatoms. The monoisotopic (exact) mass is 438 g/mol. The van der Waals surface area contributed by atoms with Gasteiger partial charge in [0.05, 0.1) is 10.0 Å². The maximum Gasteiger partial charge on any atom is 0.276 e. The molecule has 1 heterocycles. The van der Waals surface area contributed by atoms with Gasteiger partial charge in [-0.1, -0.05) is 42.3 Å². The summed E-state index contributed by atoms with van der Waals surface area (Å²) in [6.07, 6.45) is 2.45. The van der Waals surface area contributed by atoms with Crippen molar-refractivity contribution in [1.82, 2.24) is 10.2 Å². The van der Waals surface area contributed by atoms with E-state index >= 15 is 0 Å². The first-order valence-corrected chi connectivity index (χ1v) is 9.76. The van der Waals surface area contributed by atoms with Crippen LogP contribution in [-0.2, 0) is 11.4 Å². The quantitative estimate of drug-likeness (QED) is 0.498. The van der Waals surface area contributed by atoms with E-state index in [9.17, 15) is 9.18 Å². The van der Waals surface area contributed by atoms with Crippen molar-refractivity contribution in [3.8, 4) is 5.75 Å². The second kappa shape index (κ2) is 8.90. The van der Waals surface area contributed by atoms with Crippen LogP contribution in [0.2, 0.25) is 10.0 Å². The van der Waals surface area contributed by atoms with E-state index in [1.54, 1.807) is 30.3 Å². The van der Waals surface area contributed by atoms with Crippen LogP contribution in [0.5, 0.6) is 5.75 Å². The van der Waals surface area contributed by atoms with Crippen LogP contribution in [0.25, 0.3) is 6.08 Å². The van der Waals surface area contributed by atoms with Crippen molar-refractivity contribution in [2.75, 3.05) is 6.54 Å². The highest BCUT2D eigenvalue weighted by molar-refractivity contribution is 7.80. The average molecular weight is 439 g/mol. The minimum atomic E-state index is -0.316. The van der Waals surface area contributed by atoms with E-state index in [1.165, 1.54) is 17.0 Å². The zero-order valence-electron chi connectivity index (χ0n) is 15.0. The molecule has 146 valence electrons. The minimum absolute atomic E-state index is 0.185. The SMILES string of the molecule is CCCN1C(=O)/C(=C/c2cc(Cl)c(OCc3ccc(F)cc3)c(Cl)c2)NC1=S. The number of rotatable bonds is 6. The lowest BCUT2D eigenvalue weighted by molar-refractivity contribution is -0.122. The summed E-state index contributed by atoms with van der Waals surface area (Å²) in [6, 6.07) is 9.27. The molecule has 0 atom stereocenters. The number of amides is 1. The number of halogens is 3. The molecular weight excluding hydrogens is 422 g/mol. The highest BCUT2D eigenvalue weighted by Crippen LogP contribution is 2.35. The molecule has 2 aromatic carbocycles. The fraction of sp³-hybridized carbons (Fsp3) is 0.200. The molecule has 0 radical (unpaired) electrons. The van der Waals surface area contributed by atoms with E-state index < -0.39 is 0 Å². The number of hydrogen-bond donors (Lipinski definition) is 1. The fourth-order valence-electron chi connectivity index (χ4n) is 2.70. The van der Waals surface area contributed by atoms with Crippen molar-refractivity contribution in [3.63, 3.8) is 0 Å². The Labute approximate surface area is 177 Å². The van der Waals surface area contributed by atoms with E-state index in [-0.39, 0.29) is 18.3 Å². The topological polar surface area (TPSA) is 41.6 Å². The van der Waals surface area contributed by atoms with Gasteiger partial charge >= 0.3 is 0 Å². The van der Waals surface area contributed by atoms with Crippen LogP contribution in [0.1, 0.15) is 24.5 Å². The molecule has 0 aliphatic carbocycles. The van der Waals surface area contributed by atoms with Crippen molar-refractivity contribution in [1.29, 1.82) is 0 Å². The Kier molecular flexibility index (Phi) is 6.54. The van der Waals surface area contributed by atoms with E-state index in [0.29, 0.717) is 38.7 Å². The van der Waals surface area contributed by atoms with E-state index in [0.717, 1.165) is 12.0 Å². The Hall–Kier alpha value is -2.15. The number of thiocarbonyl (C=S) groups is 1. The van der Waals surface area contributed by atoms with Crippen LogP contribution in [0.15, 0.2) is 42.1 Å². The summed E-state index contributed by atoms with van der Waals surface area (Å²) >= 11 is 17.8. The molecule has 1 aliphatic rings. The predicted molar refractivity (Wildman–Crippen MR) is 113 cm³/mol. The van der Waals surface area contributed by atoms with Crippen LogP contribution in [0.3, 0.4) is 0 Å². The van der Waals surface area contributed by atoms with Crippen LogP contribution < -0.4 is 10.1 Å². The Balaban J connectivity index is 1.77. The van der Waals surface area contributed by atoms with Gasteiger partial charge in [0.15, 0.2) is 10.9 Å². The lowest BCUT2D eigenvalue weighted by Gasteiger charge is -2.12. The summed E-state index contributed by atoms with van der Waals surface area (Å²) in [7, 11) is 0. The number of carbonyl (C=O) groups is 1. The molecule has 4 nitrogen and oxygen atoms in total. The Bertz CT molecular complexity index is 925. The number of carbonyl (C=O) groups excluding carboxylic acids is 1. The van der Waals surface area contributed by atoms with Crippen LogP contribution >= 0.6 is 35.4 Å². The van der Waals surface area contributed by atoms with E-state index in [1.807, 2.05) is 6.92 Å². The standard InChI is InChI=1S/C20H17Cl2FN2O2S/c1-2-7-25-19(26)17(24-20(25)28)10-13-8-15(21)18(16(22)9-13)27-11-12-3-5-14(23)6-4-12/h3-6,8-10H,2,7,11H2,1H3,(H,24,28)/b17-10-. The third kappa shape index (κ3) is 4.63. The first kappa shape index (κ1) is 20.6. The molecule has 3 rings (SSSR count). The predicted octanol–water partition coefficient (Wildman–Crippen LogP) is 5.18. The fourth-order valence-corrected chi connectivity index (χ4v) is 3.60. The largest absolute Gasteiger partial charge is 0.486 e. The molecule has 0 saturated carbocycles. The number of hydrogen-bond acceptors (Lipinski definition) is 3. The summed E-state index contributed by atoms with van der Waals surface area (Å²) in [6.45, 7) is 2.72. The second-order valence-electron chi connectivity index (χ2n) is 6.17. The first-order valence-electron chi connectivity index (χ1n) is 8.60. The Morgan fingerprint density at radius 2 is 1.86 bits per heavy atom. The van der Waals surface area contributed by atoms with Gasteiger partial charge in [-0.25, -0.2) is 4.39 Å².